The van der Waals surface area contributed by atoms with Gasteiger partial charge in [-0.25, -0.2) is 0 Å². The molecule has 0 saturated heterocycles. The second-order valence-corrected chi connectivity index (χ2v) is 17.0. The lowest BCUT2D eigenvalue weighted by Crippen LogP contribution is -2.14. The molecule has 0 atom stereocenters. The lowest BCUT2D eigenvalue weighted by Gasteiger charge is -2.26. The van der Waals surface area contributed by atoms with Crippen LogP contribution in [0.15, 0.2) is 262 Å². The van der Waals surface area contributed by atoms with Crippen LogP contribution in [0.5, 0.6) is 0 Å². The van der Waals surface area contributed by atoms with E-state index in [1.165, 1.54) is 69.4 Å². The Kier molecular flexibility index (Phi) is 10.0. The maximum absolute atomic E-state index is 4.60. The summed E-state index contributed by atoms with van der Waals surface area (Å²) < 4.78 is 5.02. The summed E-state index contributed by atoms with van der Waals surface area (Å²) >= 11 is 1.84. The Balaban J connectivity index is 0.996. The van der Waals surface area contributed by atoms with E-state index >= 15 is 0 Å². The minimum atomic E-state index is 0.765. The van der Waals surface area contributed by atoms with Crippen LogP contribution >= 0.6 is 11.3 Å². The first-order valence-corrected chi connectivity index (χ1v) is 21.8. The van der Waals surface area contributed by atoms with Crippen LogP contribution in [0.4, 0.5) is 11.4 Å². The summed E-state index contributed by atoms with van der Waals surface area (Å²) in [5.41, 5.74) is 14.3. The zero-order chi connectivity index (χ0) is 43.2. The van der Waals surface area contributed by atoms with Crippen LogP contribution in [0.2, 0.25) is 0 Å². The molecule has 0 aliphatic carbocycles. The SMILES string of the molecule is C=CC=CC(=C)C(=C)C=CC(=C)C(=C)C=CC(=C)N(c1ccc(-c2ccc3sc4ccccc4c3c2)cc1)c1ccc(-c2cc3c4ccccc4n4c5ccccc5c(c2)c34)cc1. The maximum Gasteiger partial charge on any atom is 0.0620 e. The Morgan fingerprint density at radius 1 is 0.429 bits per heavy atom. The Morgan fingerprint density at radius 2 is 0.889 bits per heavy atom. The molecule has 3 heteroatoms. The van der Waals surface area contributed by atoms with Gasteiger partial charge in [0.25, 0.3) is 0 Å². The number of thiophene rings is 1. The summed E-state index contributed by atoms with van der Waals surface area (Å²) in [5.74, 6) is 0. The fraction of sp³-hybridized carbons (Fsp3) is 0. The number of fused-ring (bicyclic) bond motifs is 9. The van der Waals surface area contributed by atoms with E-state index in [2.05, 4.69) is 200 Å². The van der Waals surface area contributed by atoms with Crippen molar-refractivity contribution >= 4 is 81.0 Å². The predicted octanol–water partition coefficient (Wildman–Crippen LogP) is 17.3. The molecule has 10 aromatic rings. The first-order valence-electron chi connectivity index (χ1n) is 21.0. The van der Waals surface area contributed by atoms with Crippen molar-refractivity contribution in [3.63, 3.8) is 0 Å². The minimum Gasteiger partial charge on any atom is -0.311 e. The van der Waals surface area contributed by atoms with E-state index in [0.29, 0.717) is 0 Å². The minimum absolute atomic E-state index is 0.765. The Bertz CT molecular complexity index is 3510. The standard InChI is InChI=1S/C60H44N2S/c1-7-8-15-39(2)40(3)22-23-41(4)42(5)24-25-43(6)61(48-31-26-44(27-32-48)46-30-35-59-53(36-46)52-18-11-14-21-58(52)63-59)49-33-28-45(29-34-49)47-37-54-50-16-9-12-19-56(50)62-57-20-13-10-17-51(57)55(38-47)60(54)62/h7-38H,1-6H2. The number of allylic oxidation sites excluding steroid dienone is 11. The number of hydrogen-bond acceptors (Lipinski definition) is 2. The van der Waals surface area contributed by atoms with Gasteiger partial charge in [-0.15, -0.1) is 11.3 Å². The molecular formula is C60H44N2S. The van der Waals surface area contributed by atoms with E-state index in [4.69, 9.17) is 0 Å². The number of hydrogen-bond donors (Lipinski definition) is 0. The van der Waals surface area contributed by atoms with E-state index in [1.807, 2.05) is 47.8 Å². The molecule has 0 aliphatic heterocycles. The first-order chi connectivity index (χ1) is 30.8. The van der Waals surface area contributed by atoms with Gasteiger partial charge in [0.1, 0.15) is 0 Å². The third-order valence-corrected chi connectivity index (χ3v) is 13.2. The molecule has 3 heterocycles. The third-order valence-electron chi connectivity index (χ3n) is 12.0. The lowest BCUT2D eigenvalue weighted by atomic mass is 9.99. The van der Waals surface area contributed by atoms with Crippen molar-refractivity contribution in [1.82, 2.24) is 4.40 Å². The first kappa shape index (κ1) is 39.2. The quantitative estimate of drug-likeness (QED) is 0.105. The van der Waals surface area contributed by atoms with Gasteiger partial charge < -0.3 is 9.30 Å². The monoisotopic (exact) mass is 824 g/mol. The van der Waals surface area contributed by atoms with Gasteiger partial charge in [0.15, 0.2) is 0 Å². The molecule has 0 bridgehead atoms. The second kappa shape index (κ2) is 16.1. The molecule has 0 spiro atoms. The van der Waals surface area contributed by atoms with Crippen molar-refractivity contribution in [2.45, 2.75) is 0 Å². The van der Waals surface area contributed by atoms with Crippen LogP contribution in [0.25, 0.3) is 80.5 Å². The van der Waals surface area contributed by atoms with Crippen molar-refractivity contribution < 1.29 is 0 Å². The van der Waals surface area contributed by atoms with Gasteiger partial charge in [-0.3, -0.25) is 0 Å². The van der Waals surface area contributed by atoms with E-state index in [-0.39, 0.29) is 0 Å². The van der Waals surface area contributed by atoms with Crippen LogP contribution in [0.3, 0.4) is 0 Å². The Labute approximate surface area is 372 Å². The zero-order valence-corrected chi connectivity index (χ0v) is 35.8. The summed E-state index contributed by atoms with van der Waals surface area (Å²) in [4.78, 5) is 2.19. The van der Waals surface area contributed by atoms with Crippen molar-refractivity contribution in [2.24, 2.45) is 0 Å². The highest BCUT2D eigenvalue weighted by atomic mass is 32.1. The van der Waals surface area contributed by atoms with E-state index in [9.17, 15) is 0 Å². The number of benzene rings is 7. The zero-order valence-electron chi connectivity index (χ0n) is 35.0. The topological polar surface area (TPSA) is 7.65 Å². The largest absolute Gasteiger partial charge is 0.311 e. The molecule has 3 aromatic heterocycles. The second-order valence-electron chi connectivity index (χ2n) is 15.9. The number of nitrogens with zero attached hydrogens (tertiary/aromatic N) is 2. The maximum atomic E-state index is 4.60. The number of aromatic nitrogens is 1. The summed E-state index contributed by atoms with van der Waals surface area (Å²) in [5, 5.41) is 7.64. The van der Waals surface area contributed by atoms with Gasteiger partial charge in [-0.1, -0.05) is 161 Å². The fourth-order valence-corrected chi connectivity index (χ4v) is 9.78. The van der Waals surface area contributed by atoms with Crippen LogP contribution < -0.4 is 4.90 Å². The molecule has 0 N–H and O–H groups in total. The molecule has 0 saturated carbocycles. The highest BCUT2D eigenvalue weighted by Crippen LogP contribution is 2.43. The highest BCUT2D eigenvalue weighted by Gasteiger charge is 2.19. The Morgan fingerprint density at radius 3 is 1.48 bits per heavy atom. The predicted molar refractivity (Wildman–Crippen MR) is 277 cm³/mol. The smallest absolute Gasteiger partial charge is 0.0620 e. The summed E-state index contributed by atoms with van der Waals surface area (Å²) in [6, 6.07) is 55.1. The molecule has 63 heavy (non-hydrogen) atoms. The van der Waals surface area contributed by atoms with Crippen LogP contribution in [-0.4, -0.2) is 4.40 Å². The Hall–Kier alpha value is -7.98. The average molecular weight is 825 g/mol. The van der Waals surface area contributed by atoms with Gasteiger partial charge in [0.2, 0.25) is 0 Å². The summed E-state index contributed by atoms with van der Waals surface area (Å²) in [7, 11) is 0. The van der Waals surface area contributed by atoms with Crippen LogP contribution in [0.1, 0.15) is 0 Å². The molecule has 0 unspecified atom stereocenters. The van der Waals surface area contributed by atoms with Gasteiger partial charge >= 0.3 is 0 Å². The van der Waals surface area contributed by atoms with Gasteiger partial charge in [0, 0.05) is 58.8 Å². The van der Waals surface area contributed by atoms with Crippen molar-refractivity contribution in [2.75, 3.05) is 4.90 Å². The third kappa shape index (κ3) is 7.05. The molecule has 0 amide bonds. The van der Waals surface area contributed by atoms with Gasteiger partial charge in [-0.05, 0) is 117 Å². The van der Waals surface area contributed by atoms with Gasteiger partial charge in [0.05, 0.1) is 16.6 Å². The van der Waals surface area contributed by atoms with Crippen molar-refractivity contribution in [3.8, 4) is 22.3 Å². The summed E-state index contributed by atoms with van der Waals surface area (Å²) in [6.45, 7) is 25.1. The molecule has 7 aromatic carbocycles. The number of rotatable bonds is 13. The van der Waals surface area contributed by atoms with Crippen LogP contribution in [-0.2, 0) is 0 Å². The highest BCUT2D eigenvalue weighted by molar-refractivity contribution is 7.25. The van der Waals surface area contributed by atoms with Crippen molar-refractivity contribution in [1.29, 1.82) is 0 Å². The number of para-hydroxylation sites is 2. The average Bonchev–Trinajstić information content (AvgIpc) is 3.98. The van der Waals surface area contributed by atoms with Crippen molar-refractivity contribution in [3.05, 3.63) is 262 Å². The van der Waals surface area contributed by atoms with E-state index < -0.39 is 0 Å². The molecule has 0 radical (unpaired) electrons. The molecule has 300 valence electrons. The van der Waals surface area contributed by atoms with Gasteiger partial charge in [-0.2, -0.15) is 0 Å². The molecule has 10 rings (SSSR count). The summed E-state index contributed by atoms with van der Waals surface area (Å²) in [6.07, 6.45) is 13.2. The molecule has 0 fully saturated rings. The fourth-order valence-electron chi connectivity index (χ4n) is 8.69. The van der Waals surface area contributed by atoms with E-state index in [1.54, 1.807) is 6.08 Å². The normalized spacial score (nSPS) is 12.0. The molecule has 2 nitrogen and oxygen atoms in total. The van der Waals surface area contributed by atoms with E-state index in [0.717, 1.165) is 50.5 Å². The molecular weight excluding hydrogens is 781 g/mol. The number of anilines is 2. The lowest BCUT2D eigenvalue weighted by molar-refractivity contribution is 1.22. The van der Waals surface area contributed by atoms with Crippen LogP contribution in [0, 0.1) is 0 Å². The molecule has 0 aliphatic rings.